The van der Waals surface area contributed by atoms with Crippen LogP contribution >= 0.6 is 11.6 Å². The first-order chi connectivity index (χ1) is 25.6. The summed E-state index contributed by atoms with van der Waals surface area (Å²) in [6.45, 7) is 11.0. The Morgan fingerprint density at radius 2 is 2.02 bits per heavy atom. The van der Waals surface area contributed by atoms with E-state index >= 15 is 0 Å². The van der Waals surface area contributed by atoms with E-state index in [4.69, 9.17) is 41.0 Å². The molecule has 3 heterocycles. The molecule has 0 aromatic heterocycles. The molecule has 3 amide bonds. The number of ether oxygens (including phenoxy) is 5. The summed E-state index contributed by atoms with van der Waals surface area (Å²) in [5.41, 5.74) is 6.82. The fourth-order valence-electron chi connectivity index (χ4n) is 7.09. The lowest BCUT2D eigenvalue weighted by Gasteiger charge is -2.42. The summed E-state index contributed by atoms with van der Waals surface area (Å²) >= 11 is 6.77. The molecule has 2 aromatic rings. The summed E-state index contributed by atoms with van der Waals surface area (Å²) in [4.78, 5) is 46.4. The van der Waals surface area contributed by atoms with Gasteiger partial charge < -0.3 is 39.4 Å². The van der Waals surface area contributed by atoms with Crippen LogP contribution in [0, 0.1) is 5.92 Å². The van der Waals surface area contributed by atoms with E-state index in [-0.39, 0.29) is 17.9 Å². The minimum atomic E-state index is -1.83. The molecule has 2 aromatic carbocycles. The maximum atomic E-state index is 14.2. The highest BCUT2D eigenvalue weighted by Crippen LogP contribution is 2.49. The third-order valence-corrected chi connectivity index (χ3v) is 10.5. The van der Waals surface area contributed by atoms with Crippen molar-refractivity contribution < 1.29 is 43.2 Å². The molecule has 0 saturated carbocycles. The van der Waals surface area contributed by atoms with E-state index in [2.05, 4.69) is 22.2 Å². The van der Waals surface area contributed by atoms with Crippen molar-refractivity contribution >= 4 is 64.7 Å². The van der Waals surface area contributed by atoms with Crippen LogP contribution in [0.25, 0.3) is 6.08 Å². The van der Waals surface area contributed by atoms with Gasteiger partial charge in [-0.05, 0) is 57.0 Å². The van der Waals surface area contributed by atoms with Crippen molar-refractivity contribution in [3.05, 3.63) is 70.8 Å². The number of anilines is 3. The van der Waals surface area contributed by atoms with E-state index in [1.54, 1.807) is 70.5 Å². The molecule has 2 saturated heterocycles. The van der Waals surface area contributed by atoms with Crippen molar-refractivity contribution in [1.29, 1.82) is 0 Å². The number of nitrogen functional groups attached to an aromatic ring is 1. The molecule has 54 heavy (non-hydrogen) atoms. The molecule has 2 fully saturated rings. The molecule has 5 rings (SSSR count). The number of epoxide rings is 1. The van der Waals surface area contributed by atoms with Crippen LogP contribution in [0.3, 0.4) is 0 Å². The Bertz CT molecular complexity index is 1900. The monoisotopic (exact) mass is 765 g/mol. The van der Waals surface area contributed by atoms with Crippen molar-refractivity contribution in [2.75, 3.05) is 37.2 Å². The Kier molecular flexibility index (Phi) is 12.1. The van der Waals surface area contributed by atoms with Crippen molar-refractivity contribution in [3.8, 4) is 5.75 Å². The maximum absolute atomic E-state index is 14.2. The van der Waals surface area contributed by atoms with Gasteiger partial charge in [-0.1, -0.05) is 55.0 Å². The van der Waals surface area contributed by atoms with Gasteiger partial charge in [-0.25, -0.2) is 9.59 Å². The van der Waals surface area contributed by atoms with Gasteiger partial charge in [0.15, 0.2) is 5.72 Å². The van der Waals surface area contributed by atoms with Crippen LogP contribution in [0.5, 0.6) is 5.75 Å². The number of allylic oxidation sites excluding steroid dienone is 3. The number of nitrogens with two attached hydrogens (primary N) is 1. The molecule has 3 aliphatic heterocycles. The SMILES string of the molecule is C=Cc1c(NC(=O)O[C@H]2CC(=O)N(C)c3cc(cc(OC)c3Cl)C/C(C)=C/C=C/[C@@H](OC)[C@@]3(O)C[C@H](OC(=O)N3)[C@@H](C)[C@@H]3O[C@@]23C)ccc(N)c1N=CC. The third kappa shape index (κ3) is 8.26. The van der Waals surface area contributed by atoms with Gasteiger partial charge in [0.05, 0.1) is 42.4 Å². The molecule has 3 aliphatic rings. The highest BCUT2D eigenvalue weighted by Gasteiger charge is 2.64. The van der Waals surface area contributed by atoms with E-state index < -0.39 is 59.8 Å². The van der Waals surface area contributed by atoms with Crippen LogP contribution in [0.1, 0.15) is 51.7 Å². The van der Waals surface area contributed by atoms with Crippen LogP contribution in [-0.2, 0) is 30.2 Å². The zero-order chi connectivity index (χ0) is 39.5. The molecule has 5 N–H and O–H groups in total. The van der Waals surface area contributed by atoms with Crippen LogP contribution in [0.15, 0.2) is 59.6 Å². The minimum Gasteiger partial charge on any atom is -0.495 e. The zero-order valence-electron chi connectivity index (χ0n) is 31.5. The number of alkyl carbamates (subject to hydrolysis) is 1. The van der Waals surface area contributed by atoms with Gasteiger partial charge in [0.25, 0.3) is 0 Å². The Labute approximate surface area is 320 Å². The number of benzene rings is 2. The van der Waals surface area contributed by atoms with Gasteiger partial charge in [-0.2, -0.15) is 0 Å². The number of amides is 3. The van der Waals surface area contributed by atoms with Gasteiger partial charge in [0.1, 0.15) is 34.7 Å². The summed E-state index contributed by atoms with van der Waals surface area (Å²) in [6.07, 6.45) is 3.11. The number of methoxy groups -OCH3 is 2. The van der Waals surface area contributed by atoms with Crippen LogP contribution in [0.4, 0.5) is 32.3 Å². The first-order valence-corrected chi connectivity index (χ1v) is 17.9. The number of hydrogen-bond donors (Lipinski definition) is 4. The molecule has 7 atom stereocenters. The maximum Gasteiger partial charge on any atom is 0.412 e. The smallest absolute Gasteiger partial charge is 0.412 e. The lowest BCUT2D eigenvalue weighted by molar-refractivity contribution is -0.142. The van der Waals surface area contributed by atoms with E-state index in [1.807, 2.05) is 13.0 Å². The standard InChI is InChI=1S/C39H48ClN5O9/c1-9-24-26(15-14-25(41)34(24)42-10-2)43-36(47)53-31-19-32(46)45(6)27-17-23(18-28(50-7)33(27)40)16-21(3)12-11-13-30(51-8)39(49)20-29(52-37(48)44-39)22(4)35-38(31,5)54-35/h9-15,17-18,22,29-31,35,49H,1,16,19-20,41H2,2-8H3,(H,43,47)(H,44,48)/b13-11+,21-12+,42-10?/t22-,29+,30-,31+,35+,38+,39+/m1/s1. The number of nitrogens with zero attached hydrogens (tertiary/aromatic N) is 2. The number of carbonyl (C=O) groups excluding carboxylic acids is 3. The summed E-state index contributed by atoms with van der Waals surface area (Å²) in [6, 6.07) is 6.78. The number of fused-ring (bicyclic) bond motifs is 5. The molecule has 0 spiro atoms. The fourth-order valence-corrected chi connectivity index (χ4v) is 7.40. The Balaban J connectivity index is 1.55. The van der Waals surface area contributed by atoms with Crippen LogP contribution in [-0.4, -0.2) is 86.4 Å². The second-order valence-electron chi connectivity index (χ2n) is 13.9. The first kappa shape index (κ1) is 40.3. The van der Waals surface area contributed by atoms with Crippen molar-refractivity contribution in [1.82, 2.24) is 5.32 Å². The predicted molar refractivity (Wildman–Crippen MR) is 208 cm³/mol. The number of rotatable bonds is 6. The quantitative estimate of drug-likeness (QED) is 0.147. The second-order valence-corrected chi connectivity index (χ2v) is 14.3. The molecule has 0 unspecified atom stereocenters. The molecule has 290 valence electrons. The van der Waals surface area contributed by atoms with Crippen LogP contribution in [0.2, 0.25) is 5.02 Å². The second kappa shape index (κ2) is 16.2. The Morgan fingerprint density at radius 1 is 1.28 bits per heavy atom. The molecular weight excluding hydrogens is 718 g/mol. The normalized spacial score (nSPS) is 30.3. The molecule has 14 nitrogen and oxygen atoms in total. The first-order valence-electron chi connectivity index (χ1n) is 17.5. The number of nitrogens with one attached hydrogen (secondary N) is 2. The van der Waals surface area contributed by atoms with Crippen LogP contribution < -0.4 is 26.0 Å². The third-order valence-electron chi connectivity index (χ3n) is 10.1. The average Bonchev–Trinajstić information content (AvgIpc) is 3.82. The average molecular weight is 766 g/mol. The number of halogens is 1. The predicted octanol–water partition coefficient (Wildman–Crippen LogP) is 6.32. The lowest BCUT2D eigenvalue weighted by atomic mass is 9.83. The summed E-state index contributed by atoms with van der Waals surface area (Å²) in [7, 11) is 4.50. The number of hydrogen-bond acceptors (Lipinski definition) is 11. The van der Waals surface area contributed by atoms with E-state index in [0.717, 1.165) is 11.1 Å². The highest BCUT2D eigenvalue weighted by atomic mass is 35.5. The van der Waals surface area contributed by atoms with E-state index in [9.17, 15) is 19.5 Å². The summed E-state index contributed by atoms with van der Waals surface area (Å²) in [5, 5.41) is 17.2. The molecule has 4 bridgehead atoms. The number of carbonyl (C=O) groups is 3. The van der Waals surface area contributed by atoms with Gasteiger partial charge in [-0.15, -0.1) is 0 Å². The van der Waals surface area contributed by atoms with E-state index in [0.29, 0.717) is 40.5 Å². The number of aliphatic hydroxyl groups is 1. The zero-order valence-corrected chi connectivity index (χ0v) is 32.2. The number of aliphatic imine (C=N–C) groups is 1. The lowest BCUT2D eigenvalue weighted by Crippen LogP contribution is -2.63. The topological polar surface area (TPSA) is 187 Å². The molecule has 0 aliphatic carbocycles. The Morgan fingerprint density at radius 3 is 2.69 bits per heavy atom. The van der Waals surface area contributed by atoms with Crippen molar-refractivity contribution in [3.63, 3.8) is 0 Å². The van der Waals surface area contributed by atoms with Crippen molar-refractivity contribution in [2.24, 2.45) is 10.9 Å². The van der Waals surface area contributed by atoms with Gasteiger partial charge in [0, 0.05) is 38.3 Å². The fraction of sp³-hybridized carbons (Fsp3) is 0.436. The molecule has 0 radical (unpaired) electrons. The summed E-state index contributed by atoms with van der Waals surface area (Å²) < 4.78 is 29.2. The van der Waals surface area contributed by atoms with Gasteiger partial charge in [-0.3, -0.25) is 20.4 Å². The van der Waals surface area contributed by atoms with E-state index in [1.165, 1.54) is 25.2 Å². The largest absolute Gasteiger partial charge is 0.495 e. The van der Waals surface area contributed by atoms with Gasteiger partial charge >= 0.3 is 12.2 Å². The Hall–Kier alpha value is -4.89. The minimum absolute atomic E-state index is 0.0523. The summed E-state index contributed by atoms with van der Waals surface area (Å²) in [5.74, 6) is -0.598. The van der Waals surface area contributed by atoms with Gasteiger partial charge in [0.2, 0.25) is 5.91 Å². The molecule has 15 heteroatoms. The molecular formula is C39H48ClN5O9. The highest BCUT2D eigenvalue weighted by molar-refractivity contribution is 6.35. The van der Waals surface area contributed by atoms with Crippen molar-refractivity contribution in [2.45, 2.75) is 82.7 Å².